The summed E-state index contributed by atoms with van der Waals surface area (Å²) in [5, 5.41) is 19.8. The van der Waals surface area contributed by atoms with Gasteiger partial charge in [-0.1, -0.05) is 35.9 Å². The van der Waals surface area contributed by atoms with Crippen molar-refractivity contribution in [1.82, 2.24) is 9.55 Å². The second-order valence-corrected chi connectivity index (χ2v) is 7.88. The Hall–Kier alpha value is -3.23. The number of rotatable bonds is 1. The number of nitrogens with one attached hydrogen (secondary N) is 1. The number of ketones is 1. The number of halogens is 1. The van der Waals surface area contributed by atoms with Crippen LogP contribution < -0.4 is 5.49 Å². The minimum atomic E-state index is -0.678. The molecule has 2 aromatic carbocycles. The summed E-state index contributed by atoms with van der Waals surface area (Å²) < 4.78 is 1.95. The van der Waals surface area contributed by atoms with Crippen molar-refractivity contribution in [3.8, 4) is 6.07 Å². The maximum absolute atomic E-state index is 13.1. The first-order valence-corrected chi connectivity index (χ1v) is 9.96. The molecule has 2 aliphatic rings. The second kappa shape index (κ2) is 6.68. The number of carbonyl (C=O) groups is 1. The van der Waals surface area contributed by atoms with E-state index in [2.05, 4.69) is 11.1 Å². The Morgan fingerprint density at radius 1 is 1.17 bits per heavy atom. The largest absolute Gasteiger partial charge is 0.300 e. The van der Waals surface area contributed by atoms with Gasteiger partial charge < -0.3 is 0 Å². The van der Waals surface area contributed by atoms with Crippen LogP contribution in [-0.2, 0) is 4.79 Å². The number of para-hydroxylation sites is 1. The zero-order valence-corrected chi connectivity index (χ0v) is 16.3. The predicted octanol–water partition coefficient (Wildman–Crippen LogP) is 4.54. The van der Waals surface area contributed by atoms with Gasteiger partial charge in [0, 0.05) is 34.0 Å². The summed E-state index contributed by atoms with van der Waals surface area (Å²) in [5.74, 6) is -0.513. The molecular formula is C23H17ClN4O. The summed E-state index contributed by atoms with van der Waals surface area (Å²) in [5.41, 5.74) is 3.38. The Morgan fingerprint density at radius 3 is 2.79 bits per heavy atom. The first-order valence-electron chi connectivity index (χ1n) is 9.58. The molecule has 0 amide bonds. The topological polar surface area (TPSA) is 82.5 Å². The van der Waals surface area contributed by atoms with Gasteiger partial charge in [0.15, 0.2) is 11.3 Å². The van der Waals surface area contributed by atoms with Crippen molar-refractivity contribution in [2.75, 3.05) is 0 Å². The molecule has 1 aromatic heterocycles. The van der Waals surface area contributed by atoms with Gasteiger partial charge >= 0.3 is 0 Å². The zero-order valence-electron chi connectivity index (χ0n) is 15.5. The van der Waals surface area contributed by atoms with E-state index in [0.717, 1.165) is 29.6 Å². The maximum atomic E-state index is 13.1. The molecule has 5 nitrogen and oxygen atoms in total. The lowest BCUT2D eigenvalue weighted by molar-refractivity contribution is -0.116. The summed E-state index contributed by atoms with van der Waals surface area (Å²) in [7, 11) is 0. The molecule has 0 saturated heterocycles. The van der Waals surface area contributed by atoms with E-state index in [4.69, 9.17) is 17.0 Å². The molecule has 142 valence electrons. The van der Waals surface area contributed by atoms with E-state index < -0.39 is 11.8 Å². The fourth-order valence-corrected chi connectivity index (χ4v) is 4.85. The third kappa shape index (κ3) is 2.64. The van der Waals surface area contributed by atoms with Crippen molar-refractivity contribution < 1.29 is 4.79 Å². The standard InChI is InChI=1S/C23H17ClN4O/c24-14-6-3-5-13(11-14)20-16(12-25)23-27-22(26)15-7-1-2-8-17(15)28(23)18-9-4-10-19(29)21(18)20/h1-3,5-8,11,16,20,26H,4,9-10H2. The SMILES string of the molecule is N#CC1c2nc(=N)c3ccccc3n2C2=C(C(=O)CCC2)C1c1cccc(Cl)c1. The van der Waals surface area contributed by atoms with Gasteiger partial charge in [0.25, 0.3) is 0 Å². The van der Waals surface area contributed by atoms with Crippen LogP contribution in [0.3, 0.4) is 0 Å². The van der Waals surface area contributed by atoms with E-state index in [1.807, 2.05) is 47.0 Å². The molecule has 3 aromatic rings. The number of Topliss-reactive ketones (excluding diaryl/α,β-unsaturated/α-hetero) is 1. The quantitative estimate of drug-likeness (QED) is 0.651. The summed E-state index contributed by atoms with van der Waals surface area (Å²) in [6.45, 7) is 0. The number of nitrogens with zero attached hydrogens (tertiary/aromatic N) is 3. The van der Waals surface area contributed by atoms with Crippen LogP contribution in [-0.4, -0.2) is 15.3 Å². The molecule has 29 heavy (non-hydrogen) atoms. The number of nitriles is 1. The number of hydrogen-bond donors (Lipinski definition) is 1. The van der Waals surface area contributed by atoms with E-state index in [-0.39, 0.29) is 11.3 Å². The first-order chi connectivity index (χ1) is 14.1. The van der Waals surface area contributed by atoms with E-state index in [9.17, 15) is 10.1 Å². The second-order valence-electron chi connectivity index (χ2n) is 7.45. The molecule has 2 unspecified atom stereocenters. The van der Waals surface area contributed by atoms with Gasteiger partial charge in [0.1, 0.15) is 11.7 Å². The van der Waals surface area contributed by atoms with E-state index in [1.165, 1.54) is 0 Å². The molecule has 2 atom stereocenters. The normalized spacial score (nSPS) is 20.9. The first kappa shape index (κ1) is 17.8. The van der Waals surface area contributed by atoms with Crippen LogP contribution in [0.15, 0.2) is 54.1 Å². The van der Waals surface area contributed by atoms with Crippen LogP contribution in [0.25, 0.3) is 16.6 Å². The Morgan fingerprint density at radius 2 is 2.00 bits per heavy atom. The van der Waals surface area contributed by atoms with Crippen molar-refractivity contribution in [2.24, 2.45) is 0 Å². The van der Waals surface area contributed by atoms with E-state index >= 15 is 0 Å². The number of aromatic nitrogens is 2. The molecule has 1 aliphatic heterocycles. The lowest BCUT2D eigenvalue weighted by Crippen LogP contribution is -2.33. The van der Waals surface area contributed by atoms with Crippen molar-refractivity contribution in [2.45, 2.75) is 31.1 Å². The molecule has 0 spiro atoms. The average Bonchev–Trinajstić information content (AvgIpc) is 2.73. The van der Waals surface area contributed by atoms with Crippen molar-refractivity contribution in [1.29, 1.82) is 10.7 Å². The molecule has 0 fully saturated rings. The van der Waals surface area contributed by atoms with Gasteiger partial charge in [0.2, 0.25) is 0 Å². The number of allylic oxidation sites excluding steroid dienone is 2. The molecule has 1 N–H and O–H groups in total. The number of fused-ring (bicyclic) bond motifs is 4. The van der Waals surface area contributed by atoms with Crippen LogP contribution in [0.2, 0.25) is 5.02 Å². The van der Waals surface area contributed by atoms with Gasteiger partial charge in [-0.2, -0.15) is 5.26 Å². The summed E-state index contributed by atoms with van der Waals surface area (Å²) in [6.07, 6.45) is 1.98. The number of benzene rings is 2. The van der Waals surface area contributed by atoms with Crippen LogP contribution in [0.5, 0.6) is 0 Å². The molecule has 2 heterocycles. The molecular weight excluding hydrogens is 384 g/mol. The lowest BCUT2D eigenvalue weighted by atomic mass is 9.73. The molecule has 0 saturated carbocycles. The predicted molar refractivity (Wildman–Crippen MR) is 110 cm³/mol. The molecule has 0 bridgehead atoms. The van der Waals surface area contributed by atoms with E-state index in [0.29, 0.717) is 28.2 Å². The minimum Gasteiger partial charge on any atom is -0.300 e. The smallest absolute Gasteiger partial charge is 0.161 e. The average molecular weight is 401 g/mol. The van der Waals surface area contributed by atoms with Crippen LogP contribution in [0.4, 0.5) is 0 Å². The third-order valence-electron chi connectivity index (χ3n) is 5.82. The van der Waals surface area contributed by atoms with Crippen LogP contribution in [0.1, 0.15) is 42.5 Å². The lowest BCUT2D eigenvalue weighted by Gasteiger charge is -2.37. The van der Waals surface area contributed by atoms with Gasteiger partial charge in [-0.15, -0.1) is 0 Å². The Bertz CT molecular complexity index is 1310. The highest BCUT2D eigenvalue weighted by Gasteiger charge is 2.42. The Kier molecular flexibility index (Phi) is 4.11. The van der Waals surface area contributed by atoms with Gasteiger partial charge in [-0.3, -0.25) is 14.8 Å². The van der Waals surface area contributed by atoms with Crippen molar-refractivity contribution in [3.63, 3.8) is 0 Å². The summed E-state index contributed by atoms with van der Waals surface area (Å²) in [6, 6.07) is 17.3. The highest BCUT2D eigenvalue weighted by atomic mass is 35.5. The Balaban J connectivity index is 1.91. The minimum absolute atomic E-state index is 0.0775. The van der Waals surface area contributed by atoms with Crippen LogP contribution >= 0.6 is 11.6 Å². The van der Waals surface area contributed by atoms with Crippen molar-refractivity contribution >= 4 is 34.0 Å². The highest BCUT2D eigenvalue weighted by Crippen LogP contribution is 2.48. The summed E-state index contributed by atoms with van der Waals surface area (Å²) >= 11 is 6.24. The highest BCUT2D eigenvalue weighted by molar-refractivity contribution is 6.30. The zero-order chi connectivity index (χ0) is 20.1. The maximum Gasteiger partial charge on any atom is 0.161 e. The Labute approximate surface area is 172 Å². The molecule has 6 heteroatoms. The van der Waals surface area contributed by atoms with Gasteiger partial charge in [-0.05, 0) is 42.7 Å². The van der Waals surface area contributed by atoms with E-state index in [1.54, 1.807) is 6.07 Å². The van der Waals surface area contributed by atoms with Crippen molar-refractivity contribution in [3.05, 3.63) is 76.0 Å². The fourth-order valence-electron chi connectivity index (χ4n) is 4.65. The number of carbonyl (C=O) groups excluding carboxylic acids is 1. The fraction of sp³-hybridized carbons (Fsp3) is 0.217. The monoisotopic (exact) mass is 400 g/mol. The van der Waals surface area contributed by atoms with Gasteiger partial charge in [0.05, 0.1) is 11.6 Å². The molecule has 5 rings (SSSR count). The third-order valence-corrected chi connectivity index (χ3v) is 6.06. The van der Waals surface area contributed by atoms with Gasteiger partial charge in [-0.25, -0.2) is 4.98 Å². The number of hydrogen-bond acceptors (Lipinski definition) is 4. The molecule has 0 radical (unpaired) electrons. The van der Waals surface area contributed by atoms with Crippen LogP contribution in [0, 0.1) is 16.7 Å². The summed E-state index contributed by atoms with van der Waals surface area (Å²) in [4.78, 5) is 17.6. The molecule has 1 aliphatic carbocycles.